The van der Waals surface area contributed by atoms with Crippen molar-refractivity contribution in [3.05, 3.63) is 35.4 Å². The molecular weight excluding hydrogens is 567 g/mol. The van der Waals surface area contributed by atoms with Crippen LogP contribution >= 0.6 is 0 Å². The Bertz CT molecular complexity index is 1160. The number of alkyl carbamates (subject to hydrolysis) is 1. The van der Waals surface area contributed by atoms with E-state index in [0.29, 0.717) is 25.9 Å². The third-order valence-corrected chi connectivity index (χ3v) is 8.56. The van der Waals surface area contributed by atoms with Gasteiger partial charge in [0.15, 0.2) is 0 Å². The summed E-state index contributed by atoms with van der Waals surface area (Å²) in [6.45, 7) is 7.86. The summed E-state index contributed by atoms with van der Waals surface area (Å²) < 4.78 is 11.3. The number of rotatable bonds is 9. The lowest BCUT2D eigenvalue weighted by atomic mass is 9.76. The highest BCUT2D eigenvalue weighted by Crippen LogP contribution is 2.31. The molecule has 13 heteroatoms. The molecule has 44 heavy (non-hydrogen) atoms. The Morgan fingerprint density at radius 2 is 1.66 bits per heavy atom. The van der Waals surface area contributed by atoms with E-state index in [0.717, 1.165) is 43.2 Å². The van der Waals surface area contributed by atoms with Gasteiger partial charge >= 0.3 is 19.3 Å². The average molecular weight is 615 g/mol. The third-order valence-electron chi connectivity index (χ3n) is 8.56. The monoisotopic (exact) mass is 614 g/mol. The van der Waals surface area contributed by atoms with Gasteiger partial charge in [0, 0.05) is 19.5 Å². The van der Waals surface area contributed by atoms with Gasteiger partial charge in [-0.1, -0.05) is 56.9 Å². The fourth-order valence-corrected chi connectivity index (χ4v) is 6.40. The van der Waals surface area contributed by atoms with Crippen LogP contribution in [-0.4, -0.2) is 87.2 Å². The lowest BCUT2D eigenvalue weighted by Gasteiger charge is -2.35. The first-order valence-electron chi connectivity index (χ1n) is 15.8. The Morgan fingerprint density at radius 1 is 1.02 bits per heavy atom. The third kappa shape index (κ3) is 8.65. The molecule has 0 spiro atoms. The highest BCUT2D eigenvalue weighted by molar-refractivity contribution is 6.43. The van der Waals surface area contributed by atoms with Gasteiger partial charge in [-0.05, 0) is 57.1 Å². The molecule has 4 amide bonds. The lowest BCUT2D eigenvalue weighted by molar-refractivity contribution is -0.141. The largest absolute Gasteiger partial charge is 0.475 e. The van der Waals surface area contributed by atoms with Crippen LogP contribution < -0.4 is 10.6 Å². The first kappa shape index (κ1) is 33.6. The van der Waals surface area contributed by atoms with Crippen LogP contribution in [0, 0.1) is 5.92 Å². The van der Waals surface area contributed by atoms with E-state index in [1.54, 1.807) is 25.7 Å². The van der Waals surface area contributed by atoms with Crippen molar-refractivity contribution >= 4 is 31.1 Å². The number of carbonyl (C=O) groups excluding carboxylic acids is 4. The van der Waals surface area contributed by atoms with Gasteiger partial charge in [-0.15, -0.1) is 0 Å². The molecule has 2 aliphatic heterocycles. The summed E-state index contributed by atoms with van der Waals surface area (Å²) in [6.07, 6.45) is 3.27. The fourth-order valence-electron chi connectivity index (χ4n) is 6.40. The standard InChI is InChI=1S/C31H47BN4O8/c1-5-11-25(32(41)42)33-27(37)24-16-23(43-30(40)35-17-21-14-9-10-15-22(21)18-35)19-36(24)28(38)26(20-12-7-6-8-13-20)34-29(39)44-31(2,3)4/h9-10,14-15,20,23-26,41-42H,5-8,11-13,16-19H2,1-4H3,(H,33,37)(H,34,39)/t23-,24?,25+,26+/m1/s1. The molecule has 4 N–H and O–H groups in total. The molecule has 2 heterocycles. The minimum Gasteiger partial charge on any atom is -0.444 e. The Morgan fingerprint density at radius 3 is 2.23 bits per heavy atom. The second-order valence-electron chi connectivity index (χ2n) is 13.2. The maximum Gasteiger partial charge on any atom is 0.475 e. The van der Waals surface area contributed by atoms with Gasteiger partial charge in [0.25, 0.3) is 0 Å². The normalized spacial score (nSPS) is 21.7. The van der Waals surface area contributed by atoms with Gasteiger partial charge in [-0.3, -0.25) is 14.5 Å². The summed E-state index contributed by atoms with van der Waals surface area (Å²) in [7, 11) is -1.78. The number of ether oxygens (including phenoxy) is 2. The number of carbonyl (C=O) groups is 4. The Balaban J connectivity index is 1.54. The summed E-state index contributed by atoms with van der Waals surface area (Å²) in [6, 6.07) is 5.79. The molecule has 1 saturated carbocycles. The van der Waals surface area contributed by atoms with E-state index in [1.165, 1.54) is 4.90 Å². The van der Waals surface area contributed by atoms with Crippen LogP contribution in [0.5, 0.6) is 0 Å². The molecule has 1 unspecified atom stereocenters. The molecule has 0 aromatic heterocycles. The van der Waals surface area contributed by atoms with Gasteiger partial charge < -0.3 is 35.1 Å². The van der Waals surface area contributed by atoms with E-state index in [4.69, 9.17) is 9.47 Å². The van der Waals surface area contributed by atoms with Crippen LogP contribution in [0.2, 0.25) is 0 Å². The van der Waals surface area contributed by atoms with Crippen molar-refractivity contribution in [2.75, 3.05) is 6.54 Å². The van der Waals surface area contributed by atoms with Crippen molar-refractivity contribution in [2.24, 2.45) is 5.92 Å². The Labute approximate surface area is 260 Å². The lowest BCUT2D eigenvalue weighted by Crippen LogP contribution is -2.58. The SMILES string of the molecule is CCC[C@H](NC(=O)C1C[C@@H](OC(=O)N2Cc3ccccc3C2)CN1C(=O)[C@@H](NC(=O)OC(C)(C)C)C1CCCCC1)B(O)O. The smallest absolute Gasteiger partial charge is 0.444 e. The number of hydrogen-bond acceptors (Lipinski definition) is 8. The zero-order chi connectivity index (χ0) is 32.0. The minimum absolute atomic E-state index is 0.0360. The highest BCUT2D eigenvalue weighted by Gasteiger charge is 2.46. The molecule has 1 aromatic carbocycles. The quantitative estimate of drug-likeness (QED) is 0.309. The van der Waals surface area contributed by atoms with E-state index < -0.39 is 60.8 Å². The van der Waals surface area contributed by atoms with Crippen molar-refractivity contribution in [3.63, 3.8) is 0 Å². The first-order chi connectivity index (χ1) is 20.9. The molecule has 12 nitrogen and oxygen atoms in total. The number of likely N-dealkylation sites (tertiary alicyclic amines) is 1. The zero-order valence-corrected chi connectivity index (χ0v) is 26.3. The molecule has 4 atom stereocenters. The van der Waals surface area contributed by atoms with Crippen molar-refractivity contribution < 1.29 is 38.7 Å². The number of fused-ring (bicyclic) bond motifs is 1. The van der Waals surface area contributed by atoms with Gasteiger partial charge in [-0.2, -0.15) is 0 Å². The predicted molar refractivity (Wildman–Crippen MR) is 163 cm³/mol. The number of nitrogens with zero attached hydrogens (tertiary/aromatic N) is 2. The average Bonchev–Trinajstić information content (AvgIpc) is 3.59. The summed E-state index contributed by atoms with van der Waals surface area (Å²) in [4.78, 5) is 56.9. The van der Waals surface area contributed by atoms with E-state index in [9.17, 15) is 29.2 Å². The van der Waals surface area contributed by atoms with E-state index in [-0.39, 0.29) is 18.9 Å². The second-order valence-corrected chi connectivity index (χ2v) is 13.2. The summed E-state index contributed by atoms with van der Waals surface area (Å²) in [5.41, 5.74) is 1.31. The van der Waals surface area contributed by atoms with Crippen LogP contribution in [0.3, 0.4) is 0 Å². The van der Waals surface area contributed by atoms with Crippen molar-refractivity contribution in [2.45, 2.75) is 122 Å². The molecule has 1 aromatic rings. The molecule has 4 rings (SSSR count). The number of amides is 4. The fraction of sp³-hybridized carbons (Fsp3) is 0.677. The highest BCUT2D eigenvalue weighted by atomic mass is 16.6. The van der Waals surface area contributed by atoms with Crippen LogP contribution in [0.25, 0.3) is 0 Å². The van der Waals surface area contributed by atoms with Crippen molar-refractivity contribution in [1.82, 2.24) is 20.4 Å². The van der Waals surface area contributed by atoms with Gasteiger partial charge in [0.05, 0.1) is 12.5 Å². The van der Waals surface area contributed by atoms with Crippen LogP contribution in [-0.2, 0) is 32.2 Å². The van der Waals surface area contributed by atoms with Crippen LogP contribution in [0.1, 0.15) is 90.2 Å². The van der Waals surface area contributed by atoms with E-state index >= 15 is 0 Å². The molecular formula is C31H47BN4O8. The summed E-state index contributed by atoms with van der Waals surface area (Å²) >= 11 is 0. The molecule has 1 aliphatic carbocycles. The topological polar surface area (TPSA) is 158 Å². The predicted octanol–water partition coefficient (Wildman–Crippen LogP) is 2.88. The molecule has 3 aliphatic rings. The summed E-state index contributed by atoms with van der Waals surface area (Å²) in [5.74, 6) is -2.10. The number of benzene rings is 1. The maximum absolute atomic E-state index is 14.3. The van der Waals surface area contributed by atoms with E-state index in [1.807, 2.05) is 31.2 Å². The zero-order valence-electron chi connectivity index (χ0n) is 26.3. The molecule has 1 saturated heterocycles. The molecule has 0 bridgehead atoms. The Kier molecular flexibility index (Phi) is 11.2. The molecule has 2 fully saturated rings. The van der Waals surface area contributed by atoms with Crippen molar-refractivity contribution in [3.8, 4) is 0 Å². The second kappa shape index (κ2) is 14.6. The maximum atomic E-state index is 14.3. The van der Waals surface area contributed by atoms with Crippen molar-refractivity contribution in [1.29, 1.82) is 0 Å². The Hall–Kier alpha value is -3.32. The minimum atomic E-state index is -1.78. The molecule has 242 valence electrons. The summed E-state index contributed by atoms with van der Waals surface area (Å²) in [5, 5.41) is 25.2. The van der Waals surface area contributed by atoms with Crippen LogP contribution in [0.15, 0.2) is 24.3 Å². The van der Waals surface area contributed by atoms with Gasteiger partial charge in [0.2, 0.25) is 11.8 Å². The number of hydrogen-bond donors (Lipinski definition) is 4. The van der Waals surface area contributed by atoms with E-state index in [2.05, 4.69) is 10.6 Å². The van der Waals surface area contributed by atoms with Gasteiger partial charge in [-0.25, -0.2) is 9.59 Å². The van der Waals surface area contributed by atoms with Gasteiger partial charge in [0.1, 0.15) is 23.8 Å². The number of nitrogens with one attached hydrogen (secondary N) is 2. The molecule has 0 radical (unpaired) electrons. The van der Waals surface area contributed by atoms with Crippen LogP contribution in [0.4, 0.5) is 9.59 Å². The first-order valence-corrected chi connectivity index (χ1v) is 15.8.